The highest BCUT2D eigenvalue weighted by Crippen LogP contribution is 2.31. The van der Waals surface area contributed by atoms with Crippen molar-refractivity contribution in [2.45, 2.75) is 32.7 Å². The first-order valence-corrected chi connectivity index (χ1v) is 10.1. The molecule has 4 rings (SSSR count). The van der Waals surface area contributed by atoms with E-state index in [2.05, 4.69) is 60.2 Å². The molecule has 2 atom stereocenters. The van der Waals surface area contributed by atoms with Crippen molar-refractivity contribution in [3.05, 3.63) is 70.5 Å². The Morgan fingerprint density at radius 2 is 1.59 bits per heavy atom. The van der Waals surface area contributed by atoms with Crippen LogP contribution >= 0.6 is 0 Å². The monoisotopic (exact) mass is 388 g/mol. The van der Waals surface area contributed by atoms with Gasteiger partial charge in [0.1, 0.15) is 0 Å². The van der Waals surface area contributed by atoms with Crippen molar-refractivity contribution in [3.8, 4) is 0 Å². The molecule has 2 heterocycles. The number of aryl methyl sites for hydroxylation is 3. The molecule has 1 aliphatic rings. The predicted molar refractivity (Wildman–Crippen MR) is 116 cm³/mol. The molecule has 5 nitrogen and oxygen atoms in total. The minimum absolute atomic E-state index is 0.0633. The molecule has 0 spiro atoms. The maximum Gasteiger partial charge on any atom is 0.254 e. The third kappa shape index (κ3) is 3.75. The van der Waals surface area contributed by atoms with Crippen LogP contribution in [0.1, 0.15) is 38.8 Å². The van der Waals surface area contributed by atoms with Crippen LogP contribution in [0.2, 0.25) is 0 Å². The van der Waals surface area contributed by atoms with Gasteiger partial charge in [-0.15, -0.1) is 0 Å². The normalized spacial score (nSPS) is 19.3. The lowest BCUT2D eigenvalue weighted by Gasteiger charge is -2.25. The lowest BCUT2D eigenvalue weighted by atomic mass is 9.93. The fourth-order valence-corrected chi connectivity index (χ4v) is 4.16. The SMILES string of the molecule is Cc1ccc([C@@H]2CN(C(=O)c3ccc4nc(C)c(C)nc4c3)C[C@H]2N(C)C)cc1. The Bertz CT molecular complexity index is 1060. The zero-order valence-corrected chi connectivity index (χ0v) is 17.8. The molecule has 1 fully saturated rings. The topological polar surface area (TPSA) is 49.3 Å². The van der Waals surface area contributed by atoms with E-state index in [0.717, 1.165) is 35.5 Å². The number of hydrogen-bond acceptors (Lipinski definition) is 4. The summed E-state index contributed by atoms with van der Waals surface area (Å²) in [5, 5.41) is 0. The quantitative estimate of drug-likeness (QED) is 0.686. The number of likely N-dealkylation sites (tertiary alicyclic amines) is 1. The number of amides is 1. The van der Waals surface area contributed by atoms with Crippen LogP contribution in [0.3, 0.4) is 0 Å². The summed E-state index contributed by atoms with van der Waals surface area (Å²) in [6.45, 7) is 7.45. The highest BCUT2D eigenvalue weighted by molar-refractivity contribution is 5.97. The fraction of sp³-hybridized carbons (Fsp3) is 0.375. The average molecular weight is 389 g/mol. The van der Waals surface area contributed by atoms with E-state index in [1.807, 2.05) is 36.9 Å². The second-order valence-corrected chi connectivity index (χ2v) is 8.36. The molecule has 1 aliphatic heterocycles. The highest BCUT2D eigenvalue weighted by atomic mass is 16.2. The van der Waals surface area contributed by atoms with Gasteiger partial charge in [0.25, 0.3) is 5.91 Å². The van der Waals surface area contributed by atoms with Crippen molar-refractivity contribution in [1.82, 2.24) is 19.8 Å². The first-order chi connectivity index (χ1) is 13.8. The minimum atomic E-state index is 0.0633. The Labute approximate surface area is 172 Å². The van der Waals surface area contributed by atoms with Gasteiger partial charge >= 0.3 is 0 Å². The van der Waals surface area contributed by atoms with Gasteiger partial charge < -0.3 is 9.80 Å². The van der Waals surface area contributed by atoms with Gasteiger partial charge in [-0.3, -0.25) is 4.79 Å². The van der Waals surface area contributed by atoms with E-state index in [-0.39, 0.29) is 5.91 Å². The van der Waals surface area contributed by atoms with Crippen LogP contribution in [0, 0.1) is 20.8 Å². The van der Waals surface area contributed by atoms with Crippen molar-refractivity contribution in [3.63, 3.8) is 0 Å². The van der Waals surface area contributed by atoms with Crippen LogP contribution in [0.15, 0.2) is 42.5 Å². The smallest absolute Gasteiger partial charge is 0.254 e. The van der Waals surface area contributed by atoms with Crippen molar-refractivity contribution in [2.24, 2.45) is 0 Å². The summed E-state index contributed by atoms with van der Waals surface area (Å²) in [4.78, 5) is 26.7. The van der Waals surface area contributed by atoms with E-state index >= 15 is 0 Å². The Morgan fingerprint density at radius 3 is 2.24 bits per heavy atom. The van der Waals surface area contributed by atoms with Crippen molar-refractivity contribution in [2.75, 3.05) is 27.2 Å². The first kappa shape index (κ1) is 19.5. The van der Waals surface area contributed by atoms with Crippen LogP contribution in [0.25, 0.3) is 11.0 Å². The molecule has 2 aromatic carbocycles. The number of benzene rings is 2. The molecule has 29 heavy (non-hydrogen) atoms. The van der Waals surface area contributed by atoms with Gasteiger partial charge in [-0.1, -0.05) is 29.8 Å². The van der Waals surface area contributed by atoms with Gasteiger partial charge in [0, 0.05) is 30.6 Å². The summed E-state index contributed by atoms with van der Waals surface area (Å²) in [6, 6.07) is 14.6. The maximum absolute atomic E-state index is 13.3. The zero-order valence-electron chi connectivity index (χ0n) is 17.8. The van der Waals surface area contributed by atoms with Gasteiger partial charge in [0.05, 0.1) is 22.4 Å². The van der Waals surface area contributed by atoms with Crippen LogP contribution in [0.5, 0.6) is 0 Å². The van der Waals surface area contributed by atoms with Crippen LogP contribution in [-0.2, 0) is 0 Å². The van der Waals surface area contributed by atoms with Gasteiger partial charge in [0.2, 0.25) is 0 Å². The summed E-state index contributed by atoms with van der Waals surface area (Å²) in [7, 11) is 4.19. The number of hydrogen-bond donors (Lipinski definition) is 0. The van der Waals surface area contributed by atoms with E-state index in [0.29, 0.717) is 17.5 Å². The number of aromatic nitrogens is 2. The number of likely N-dealkylation sites (N-methyl/N-ethyl adjacent to an activating group) is 1. The standard InChI is InChI=1S/C24H28N4O/c1-15-6-8-18(9-7-15)20-13-28(14-23(20)27(4)5)24(29)19-10-11-21-22(12-19)26-17(3)16(2)25-21/h6-12,20,23H,13-14H2,1-5H3/t20-,23+/m0/s1. The molecular formula is C24H28N4O. The van der Waals surface area contributed by atoms with Crippen LogP contribution in [0.4, 0.5) is 0 Å². The molecule has 0 N–H and O–H groups in total. The predicted octanol–water partition coefficient (Wildman–Crippen LogP) is 3.72. The van der Waals surface area contributed by atoms with E-state index in [4.69, 9.17) is 0 Å². The number of carbonyl (C=O) groups is 1. The molecule has 150 valence electrons. The van der Waals surface area contributed by atoms with Gasteiger partial charge in [-0.2, -0.15) is 0 Å². The zero-order chi connectivity index (χ0) is 20.7. The molecule has 0 saturated carbocycles. The third-order valence-electron chi connectivity index (χ3n) is 6.07. The summed E-state index contributed by atoms with van der Waals surface area (Å²) in [5.74, 6) is 0.369. The molecule has 1 amide bonds. The van der Waals surface area contributed by atoms with Crippen LogP contribution in [-0.4, -0.2) is 58.9 Å². The number of rotatable bonds is 3. The largest absolute Gasteiger partial charge is 0.336 e. The van der Waals surface area contributed by atoms with E-state index in [1.165, 1.54) is 11.1 Å². The summed E-state index contributed by atoms with van der Waals surface area (Å²) < 4.78 is 0. The fourth-order valence-electron chi connectivity index (χ4n) is 4.16. The summed E-state index contributed by atoms with van der Waals surface area (Å²) in [5.41, 5.74) is 6.65. The van der Waals surface area contributed by atoms with Crippen molar-refractivity contribution < 1.29 is 4.79 Å². The molecule has 0 bridgehead atoms. The highest BCUT2D eigenvalue weighted by Gasteiger charge is 2.37. The summed E-state index contributed by atoms with van der Waals surface area (Å²) in [6.07, 6.45) is 0. The molecular weight excluding hydrogens is 360 g/mol. The van der Waals surface area contributed by atoms with Crippen molar-refractivity contribution in [1.29, 1.82) is 0 Å². The molecule has 0 unspecified atom stereocenters. The number of carbonyl (C=O) groups excluding carboxylic acids is 1. The van der Waals surface area contributed by atoms with Gasteiger partial charge in [-0.25, -0.2) is 9.97 Å². The Balaban J connectivity index is 1.62. The number of fused-ring (bicyclic) bond motifs is 1. The van der Waals surface area contributed by atoms with Gasteiger partial charge in [0.15, 0.2) is 0 Å². The molecule has 0 aliphatic carbocycles. The number of nitrogens with zero attached hydrogens (tertiary/aromatic N) is 4. The van der Waals surface area contributed by atoms with Gasteiger partial charge in [-0.05, 0) is 58.6 Å². The lowest BCUT2D eigenvalue weighted by Crippen LogP contribution is -2.35. The lowest BCUT2D eigenvalue weighted by molar-refractivity contribution is 0.0782. The molecule has 1 saturated heterocycles. The van der Waals surface area contributed by atoms with Crippen LogP contribution < -0.4 is 0 Å². The first-order valence-electron chi connectivity index (χ1n) is 10.1. The minimum Gasteiger partial charge on any atom is -0.336 e. The molecule has 3 aromatic rings. The average Bonchev–Trinajstić information content (AvgIpc) is 3.14. The molecule has 1 aromatic heterocycles. The van der Waals surface area contributed by atoms with E-state index < -0.39 is 0 Å². The third-order valence-corrected chi connectivity index (χ3v) is 6.07. The Kier molecular flexibility index (Phi) is 5.09. The van der Waals surface area contributed by atoms with E-state index in [1.54, 1.807) is 0 Å². The molecule has 0 radical (unpaired) electrons. The van der Waals surface area contributed by atoms with Crippen molar-refractivity contribution >= 4 is 16.9 Å². The summed E-state index contributed by atoms with van der Waals surface area (Å²) >= 11 is 0. The second-order valence-electron chi connectivity index (χ2n) is 8.36. The van der Waals surface area contributed by atoms with E-state index in [9.17, 15) is 4.79 Å². The Hall–Kier alpha value is -2.79. The maximum atomic E-state index is 13.3. The Morgan fingerprint density at radius 1 is 0.931 bits per heavy atom. The molecule has 5 heteroatoms. The second kappa shape index (κ2) is 7.56.